The lowest BCUT2D eigenvalue weighted by molar-refractivity contribution is -0.117. The van der Waals surface area contributed by atoms with E-state index in [1.807, 2.05) is 32.9 Å². The van der Waals surface area contributed by atoms with Crippen molar-refractivity contribution in [3.63, 3.8) is 0 Å². The molecule has 0 fully saturated rings. The maximum atomic E-state index is 13.5. The molecule has 0 spiro atoms. The van der Waals surface area contributed by atoms with E-state index < -0.39 is 23.5 Å². The molecule has 9 heteroatoms. The first-order chi connectivity index (χ1) is 15.3. The number of aromatic nitrogens is 2. The van der Waals surface area contributed by atoms with E-state index in [-0.39, 0.29) is 5.57 Å². The number of hydrogen-bond donors (Lipinski definition) is 1. The highest BCUT2D eigenvalue weighted by Crippen LogP contribution is 2.45. The van der Waals surface area contributed by atoms with E-state index in [4.69, 9.17) is 9.40 Å². The number of amides is 1. The molecule has 1 atom stereocenters. The predicted octanol–water partition coefficient (Wildman–Crippen LogP) is 5.36. The number of Topliss-reactive ketones (excluding diaryl/α,β-unsaturated/α-hetero) is 1. The quantitative estimate of drug-likeness (QED) is 0.408. The number of thiazole rings is 2. The van der Waals surface area contributed by atoms with Crippen LogP contribution in [0.4, 0.5) is 5.13 Å². The Kier molecular flexibility index (Phi) is 4.75. The predicted molar refractivity (Wildman–Crippen MR) is 124 cm³/mol. The minimum absolute atomic E-state index is 0.0242. The fourth-order valence-corrected chi connectivity index (χ4v) is 6.12. The zero-order chi connectivity index (χ0) is 22.7. The molecule has 3 aromatic heterocycles. The average Bonchev–Trinajstić information content (AvgIpc) is 3.49. The summed E-state index contributed by atoms with van der Waals surface area (Å²) in [6.45, 7) is 7.52. The summed E-state index contributed by atoms with van der Waals surface area (Å²) in [7, 11) is 0. The van der Waals surface area contributed by atoms with Crippen LogP contribution in [-0.4, -0.2) is 26.8 Å². The Bertz CT molecular complexity index is 1430. The van der Waals surface area contributed by atoms with Gasteiger partial charge >= 0.3 is 0 Å². The van der Waals surface area contributed by atoms with Gasteiger partial charge in [-0.2, -0.15) is 0 Å². The zero-order valence-electron chi connectivity index (χ0n) is 17.8. The largest absolute Gasteiger partial charge is 0.503 e. The molecule has 32 heavy (non-hydrogen) atoms. The van der Waals surface area contributed by atoms with Crippen LogP contribution in [-0.2, 0) is 4.79 Å². The molecule has 0 radical (unpaired) electrons. The Morgan fingerprint density at radius 1 is 1.16 bits per heavy atom. The summed E-state index contributed by atoms with van der Waals surface area (Å²) in [5.74, 6) is -1.33. The Hall–Kier alpha value is -3.30. The highest BCUT2D eigenvalue weighted by atomic mass is 32.1. The van der Waals surface area contributed by atoms with Crippen LogP contribution in [0.1, 0.15) is 43.3 Å². The Morgan fingerprint density at radius 2 is 1.94 bits per heavy atom. The minimum Gasteiger partial charge on any atom is -0.503 e. The summed E-state index contributed by atoms with van der Waals surface area (Å²) >= 11 is 2.58. The molecule has 1 aromatic carbocycles. The van der Waals surface area contributed by atoms with Gasteiger partial charge in [0.25, 0.3) is 5.91 Å². The first-order valence-corrected chi connectivity index (χ1v) is 11.6. The highest BCUT2D eigenvalue weighted by Gasteiger charge is 2.47. The van der Waals surface area contributed by atoms with Gasteiger partial charge in [-0.1, -0.05) is 17.4 Å². The van der Waals surface area contributed by atoms with Crippen molar-refractivity contribution >= 4 is 49.7 Å². The molecule has 162 valence electrons. The van der Waals surface area contributed by atoms with Crippen molar-refractivity contribution in [3.8, 4) is 0 Å². The molecule has 4 heterocycles. The second kappa shape index (κ2) is 7.39. The van der Waals surface area contributed by atoms with E-state index in [1.165, 1.54) is 33.8 Å². The summed E-state index contributed by atoms with van der Waals surface area (Å²) in [4.78, 5) is 37.5. The molecule has 5 rings (SSSR count). The maximum Gasteiger partial charge on any atom is 0.296 e. The fraction of sp³-hybridized carbons (Fsp3) is 0.217. The lowest BCUT2D eigenvalue weighted by Crippen LogP contribution is -2.30. The first kappa shape index (κ1) is 20.6. The molecular weight excluding hydrogens is 446 g/mol. The number of anilines is 1. The van der Waals surface area contributed by atoms with E-state index in [0.717, 1.165) is 26.4 Å². The molecule has 0 aliphatic carbocycles. The molecule has 1 aliphatic rings. The van der Waals surface area contributed by atoms with Gasteiger partial charge in [0.1, 0.15) is 11.8 Å². The average molecular weight is 466 g/mol. The van der Waals surface area contributed by atoms with Crippen LogP contribution in [0.2, 0.25) is 0 Å². The normalized spacial score (nSPS) is 16.6. The van der Waals surface area contributed by atoms with Gasteiger partial charge < -0.3 is 9.52 Å². The molecule has 1 unspecified atom stereocenters. The number of rotatable bonds is 4. The molecule has 0 saturated heterocycles. The number of nitrogens with zero attached hydrogens (tertiary/aromatic N) is 3. The summed E-state index contributed by atoms with van der Waals surface area (Å²) in [6, 6.07) is 6.48. The van der Waals surface area contributed by atoms with Crippen molar-refractivity contribution in [1.82, 2.24) is 9.97 Å². The van der Waals surface area contributed by atoms with Crippen LogP contribution in [0.25, 0.3) is 10.2 Å². The molecule has 1 amide bonds. The zero-order valence-corrected chi connectivity index (χ0v) is 19.4. The van der Waals surface area contributed by atoms with Crippen molar-refractivity contribution in [2.75, 3.05) is 4.90 Å². The number of benzene rings is 1. The van der Waals surface area contributed by atoms with Crippen LogP contribution in [0.5, 0.6) is 0 Å². The maximum absolute atomic E-state index is 13.5. The molecular formula is C23H19N3O4S2. The molecule has 0 bridgehead atoms. The van der Waals surface area contributed by atoms with Gasteiger partial charge in [0, 0.05) is 0 Å². The summed E-state index contributed by atoms with van der Waals surface area (Å²) in [5.41, 5.74) is 3.41. The summed E-state index contributed by atoms with van der Waals surface area (Å²) in [5, 5.41) is 12.0. The van der Waals surface area contributed by atoms with Crippen LogP contribution in [0, 0.1) is 27.7 Å². The molecule has 0 saturated carbocycles. The van der Waals surface area contributed by atoms with Gasteiger partial charge in [-0.25, -0.2) is 9.97 Å². The van der Waals surface area contributed by atoms with Gasteiger partial charge in [-0.05, 0) is 57.0 Å². The van der Waals surface area contributed by atoms with Crippen LogP contribution in [0.3, 0.4) is 0 Å². The Balaban J connectivity index is 1.68. The van der Waals surface area contributed by atoms with E-state index in [9.17, 15) is 14.7 Å². The summed E-state index contributed by atoms with van der Waals surface area (Å²) < 4.78 is 6.54. The fourth-order valence-electron chi connectivity index (χ4n) is 4.08. The van der Waals surface area contributed by atoms with E-state index in [2.05, 4.69) is 4.98 Å². The SMILES string of the molecule is Cc1cc(C)c2nc(N3C(=O)C(O)=C(C(=O)c4sc(C)nc4C)C3c3ccco3)sc2c1. The van der Waals surface area contributed by atoms with Crippen molar-refractivity contribution in [3.05, 3.63) is 74.3 Å². The number of aryl methyl sites for hydroxylation is 4. The third-order valence-electron chi connectivity index (χ3n) is 5.40. The van der Waals surface area contributed by atoms with E-state index in [1.54, 1.807) is 19.1 Å². The minimum atomic E-state index is -0.922. The number of carbonyl (C=O) groups is 2. The van der Waals surface area contributed by atoms with Crippen molar-refractivity contribution in [2.24, 2.45) is 0 Å². The number of aliphatic hydroxyl groups excluding tert-OH is 1. The summed E-state index contributed by atoms with van der Waals surface area (Å²) in [6.07, 6.45) is 1.48. The number of fused-ring (bicyclic) bond motifs is 1. The number of aliphatic hydroxyl groups is 1. The number of hydrogen-bond acceptors (Lipinski definition) is 8. The van der Waals surface area contributed by atoms with Crippen molar-refractivity contribution < 1.29 is 19.1 Å². The van der Waals surface area contributed by atoms with Crippen LogP contribution in [0.15, 0.2) is 46.3 Å². The molecule has 4 aromatic rings. The van der Waals surface area contributed by atoms with Crippen molar-refractivity contribution in [2.45, 2.75) is 33.7 Å². The topological polar surface area (TPSA) is 96.5 Å². The van der Waals surface area contributed by atoms with Gasteiger partial charge in [0.15, 0.2) is 10.9 Å². The van der Waals surface area contributed by atoms with Gasteiger partial charge in [0.05, 0.1) is 37.6 Å². The number of ketones is 1. The molecule has 1 aliphatic heterocycles. The third kappa shape index (κ3) is 3.08. The highest BCUT2D eigenvalue weighted by molar-refractivity contribution is 7.22. The van der Waals surface area contributed by atoms with Gasteiger partial charge in [0.2, 0.25) is 5.78 Å². The molecule has 1 N–H and O–H groups in total. The van der Waals surface area contributed by atoms with Crippen molar-refractivity contribution in [1.29, 1.82) is 0 Å². The van der Waals surface area contributed by atoms with E-state index >= 15 is 0 Å². The first-order valence-electron chi connectivity index (χ1n) is 9.93. The second-order valence-corrected chi connectivity index (χ2v) is 9.97. The smallest absolute Gasteiger partial charge is 0.296 e. The van der Waals surface area contributed by atoms with Gasteiger partial charge in [-0.15, -0.1) is 11.3 Å². The third-order valence-corrected chi connectivity index (χ3v) is 7.47. The van der Waals surface area contributed by atoms with E-state index in [0.29, 0.717) is 21.5 Å². The Morgan fingerprint density at radius 3 is 2.59 bits per heavy atom. The Labute approximate surface area is 191 Å². The van der Waals surface area contributed by atoms with Gasteiger partial charge in [-0.3, -0.25) is 14.5 Å². The molecule has 7 nitrogen and oxygen atoms in total. The monoisotopic (exact) mass is 465 g/mol. The second-order valence-electron chi connectivity index (χ2n) is 7.76. The standard InChI is InChI=1S/C23H19N3O4S2/c1-10-8-11(2)17-15(9-10)32-23(25-17)26-18(14-6-5-7-30-14)16(20(28)22(26)29)19(27)21-12(3)24-13(4)31-21/h5-9,18,28H,1-4H3. The lowest BCUT2D eigenvalue weighted by Gasteiger charge is -2.22. The number of carbonyl (C=O) groups excluding carboxylic acids is 2. The lowest BCUT2D eigenvalue weighted by atomic mass is 10.00. The number of furan rings is 1. The van der Waals surface area contributed by atoms with Crippen LogP contribution >= 0.6 is 22.7 Å². The van der Waals surface area contributed by atoms with Crippen LogP contribution < -0.4 is 4.90 Å².